The van der Waals surface area contributed by atoms with E-state index in [0.717, 1.165) is 32.1 Å². The van der Waals surface area contributed by atoms with Gasteiger partial charge in [-0.1, -0.05) is 24.9 Å². The molecule has 0 amide bonds. The molecular weight excluding hydrogens is 232 g/mol. The Labute approximate surface area is 107 Å². The third kappa shape index (κ3) is 2.96. The summed E-state index contributed by atoms with van der Waals surface area (Å²) < 4.78 is 10.4. The fourth-order valence-corrected chi connectivity index (χ4v) is 2.47. The van der Waals surface area contributed by atoms with Gasteiger partial charge in [0.25, 0.3) is 0 Å². The second-order valence-electron chi connectivity index (χ2n) is 4.80. The monoisotopic (exact) mass is 252 g/mol. The number of methoxy groups -OCH3 is 1. The maximum atomic E-state index is 12.0. The summed E-state index contributed by atoms with van der Waals surface area (Å²) >= 11 is 0. The molecule has 100 valence electrons. The maximum absolute atomic E-state index is 12.0. The Bertz CT molecular complexity index is 393. The molecule has 0 aliphatic heterocycles. The van der Waals surface area contributed by atoms with Crippen LogP contribution in [-0.4, -0.2) is 23.0 Å². The Hall–Kier alpha value is -1.23. The van der Waals surface area contributed by atoms with E-state index in [0.29, 0.717) is 11.7 Å². The maximum Gasteiger partial charge on any atom is 0.234 e. The highest BCUT2D eigenvalue weighted by Crippen LogP contribution is 2.26. The number of carbonyl (C=O) groups is 1. The number of nitrogens with zero attached hydrogens (tertiary/aromatic N) is 2. The van der Waals surface area contributed by atoms with Crippen molar-refractivity contribution in [1.82, 2.24) is 10.1 Å². The predicted molar refractivity (Wildman–Crippen MR) is 65.0 cm³/mol. The highest BCUT2D eigenvalue weighted by Gasteiger charge is 2.25. The van der Waals surface area contributed by atoms with Gasteiger partial charge in [-0.3, -0.25) is 4.79 Å². The molecule has 2 rings (SSSR count). The first-order chi connectivity index (χ1) is 8.74. The molecule has 1 aliphatic carbocycles. The molecule has 0 aromatic carbocycles. The molecule has 0 bridgehead atoms. The van der Waals surface area contributed by atoms with Crippen molar-refractivity contribution < 1.29 is 14.1 Å². The van der Waals surface area contributed by atoms with Crippen molar-refractivity contribution in [2.45, 2.75) is 51.6 Å². The molecule has 1 fully saturated rings. The Balaban J connectivity index is 1.95. The fourth-order valence-electron chi connectivity index (χ4n) is 2.47. The predicted octanol–water partition coefficient (Wildman–Crippen LogP) is 2.47. The number of ketones is 1. The lowest BCUT2D eigenvalue weighted by atomic mass is 10.0. The first kappa shape index (κ1) is 13.2. The average molecular weight is 252 g/mol. The molecular formula is C13H20N2O3. The van der Waals surface area contributed by atoms with Crippen molar-refractivity contribution in [1.29, 1.82) is 0 Å². The van der Waals surface area contributed by atoms with Crippen LogP contribution in [0.25, 0.3) is 0 Å². The van der Waals surface area contributed by atoms with E-state index < -0.39 is 0 Å². The third-order valence-corrected chi connectivity index (χ3v) is 3.56. The molecule has 0 spiro atoms. The largest absolute Gasteiger partial charge is 0.373 e. The lowest BCUT2D eigenvalue weighted by Gasteiger charge is -2.06. The van der Waals surface area contributed by atoms with E-state index in [-0.39, 0.29) is 24.2 Å². The molecule has 1 aromatic rings. The number of rotatable bonds is 6. The standard InChI is InChI=1S/C13H20N2O3/c1-3-11(17-2)13-14-12(18-15-13)8-10(16)9-6-4-5-7-9/h9,11H,3-8H2,1-2H3. The van der Waals surface area contributed by atoms with Crippen molar-refractivity contribution in [3.8, 4) is 0 Å². The summed E-state index contributed by atoms with van der Waals surface area (Å²) in [5.41, 5.74) is 0. The lowest BCUT2D eigenvalue weighted by Crippen LogP contribution is -2.13. The molecule has 18 heavy (non-hydrogen) atoms. The summed E-state index contributed by atoms with van der Waals surface area (Å²) in [5.74, 6) is 1.38. The topological polar surface area (TPSA) is 65.2 Å². The van der Waals surface area contributed by atoms with Gasteiger partial charge < -0.3 is 9.26 Å². The number of Topliss-reactive ketones (excluding diaryl/α,β-unsaturated/α-hetero) is 1. The van der Waals surface area contributed by atoms with Crippen LogP contribution in [0.5, 0.6) is 0 Å². The molecule has 0 N–H and O–H groups in total. The van der Waals surface area contributed by atoms with Crippen molar-refractivity contribution >= 4 is 5.78 Å². The van der Waals surface area contributed by atoms with Gasteiger partial charge in [-0.15, -0.1) is 0 Å². The summed E-state index contributed by atoms with van der Waals surface area (Å²) in [5, 5.41) is 3.87. The van der Waals surface area contributed by atoms with E-state index in [1.807, 2.05) is 6.92 Å². The minimum absolute atomic E-state index is 0.149. The molecule has 1 aromatic heterocycles. The van der Waals surface area contributed by atoms with E-state index in [1.165, 1.54) is 0 Å². The molecule has 1 saturated carbocycles. The first-order valence-electron chi connectivity index (χ1n) is 6.62. The summed E-state index contributed by atoms with van der Waals surface area (Å²) in [7, 11) is 1.62. The van der Waals surface area contributed by atoms with Crippen LogP contribution in [-0.2, 0) is 16.0 Å². The minimum atomic E-state index is -0.149. The summed E-state index contributed by atoms with van der Waals surface area (Å²) in [6.45, 7) is 1.99. The van der Waals surface area contributed by atoms with E-state index in [4.69, 9.17) is 9.26 Å². The normalized spacial score (nSPS) is 18.1. The molecule has 5 heteroatoms. The van der Waals surface area contributed by atoms with Crippen LogP contribution in [0.3, 0.4) is 0 Å². The van der Waals surface area contributed by atoms with Gasteiger partial charge in [0.15, 0.2) is 0 Å². The Morgan fingerprint density at radius 3 is 2.83 bits per heavy atom. The van der Waals surface area contributed by atoms with Crippen molar-refractivity contribution in [2.24, 2.45) is 5.92 Å². The van der Waals surface area contributed by atoms with Gasteiger partial charge in [-0.2, -0.15) is 4.98 Å². The molecule has 0 saturated heterocycles. The highest BCUT2D eigenvalue weighted by atomic mass is 16.5. The molecule has 1 aliphatic rings. The second kappa shape index (κ2) is 6.09. The van der Waals surface area contributed by atoms with Crippen LogP contribution < -0.4 is 0 Å². The lowest BCUT2D eigenvalue weighted by molar-refractivity contribution is -0.122. The zero-order chi connectivity index (χ0) is 13.0. The molecule has 1 atom stereocenters. The van der Waals surface area contributed by atoms with E-state index in [1.54, 1.807) is 7.11 Å². The highest BCUT2D eigenvalue weighted by molar-refractivity contribution is 5.82. The van der Waals surface area contributed by atoms with Gasteiger partial charge in [0.1, 0.15) is 11.9 Å². The van der Waals surface area contributed by atoms with Gasteiger partial charge >= 0.3 is 0 Å². The SMILES string of the molecule is CCC(OC)c1noc(CC(=O)C2CCCC2)n1. The number of hydrogen-bond acceptors (Lipinski definition) is 5. The van der Waals surface area contributed by atoms with Gasteiger partial charge in [0.2, 0.25) is 11.7 Å². The average Bonchev–Trinajstić information content (AvgIpc) is 3.01. The summed E-state index contributed by atoms with van der Waals surface area (Å²) in [6.07, 6.45) is 5.23. The number of carbonyl (C=O) groups excluding carboxylic acids is 1. The number of ether oxygens (including phenoxy) is 1. The Kier molecular flexibility index (Phi) is 4.47. The van der Waals surface area contributed by atoms with E-state index in [9.17, 15) is 4.79 Å². The molecule has 1 unspecified atom stereocenters. The van der Waals surface area contributed by atoms with Gasteiger partial charge in [0.05, 0.1) is 6.42 Å². The quantitative estimate of drug-likeness (QED) is 0.778. The van der Waals surface area contributed by atoms with E-state index >= 15 is 0 Å². The van der Waals surface area contributed by atoms with Gasteiger partial charge in [-0.05, 0) is 19.3 Å². The van der Waals surface area contributed by atoms with Crippen molar-refractivity contribution in [3.05, 3.63) is 11.7 Å². The fraction of sp³-hybridized carbons (Fsp3) is 0.769. The Morgan fingerprint density at radius 2 is 2.22 bits per heavy atom. The zero-order valence-electron chi connectivity index (χ0n) is 11.0. The van der Waals surface area contributed by atoms with Crippen molar-refractivity contribution in [2.75, 3.05) is 7.11 Å². The smallest absolute Gasteiger partial charge is 0.234 e. The first-order valence-corrected chi connectivity index (χ1v) is 6.62. The van der Waals surface area contributed by atoms with E-state index in [2.05, 4.69) is 10.1 Å². The Morgan fingerprint density at radius 1 is 1.50 bits per heavy atom. The molecule has 0 radical (unpaired) electrons. The number of hydrogen-bond donors (Lipinski definition) is 0. The number of aromatic nitrogens is 2. The minimum Gasteiger partial charge on any atom is -0.373 e. The van der Waals surface area contributed by atoms with Crippen LogP contribution in [0.15, 0.2) is 4.52 Å². The molecule has 5 nitrogen and oxygen atoms in total. The van der Waals surface area contributed by atoms with Crippen LogP contribution >= 0.6 is 0 Å². The van der Waals surface area contributed by atoms with Crippen molar-refractivity contribution in [3.63, 3.8) is 0 Å². The molecule has 1 heterocycles. The van der Waals surface area contributed by atoms with Crippen LogP contribution in [0.1, 0.15) is 56.8 Å². The second-order valence-corrected chi connectivity index (χ2v) is 4.80. The van der Waals surface area contributed by atoms with Crippen LogP contribution in [0.4, 0.5) is 0 Å². The van der Waals surface area contributed by atoms with Crippen LogP contribution in [0.2, 0.25) is 0 Å². The summed E-state index contributed by atoms with van der Waals surface area (Å²) in [4.78, 5) is 16.2. The summed E-state index contributed by atoms with van der Waals surface area (Å²) in [6, 6.07) is 0. The zero-order valence-corrected chi connectivity index (χ0v) is 11.0. The van der Waals surface area contributed by atoms with Gasteiger partial charge in [-0.25, -0.2) is 0 Å². The van der Waals surface area contributed by atoms with Crippen LogP contribution in [0, 0.1) is 5.92 Å². The third-order valence-electron chi connectivity index (χ3n) is 3.56. The van der Waals surface area contributed by atoms with Gasteiger partial charge in [0, 0.05) is 13.0 Å².